The van der Waals surface area contributed by atoms with Crippen LogP contribution < -0.4 is 0 Å². The molecule has 0 aliphatic heterocycles. The lowest BCUT2D eigenvalue weighted by molar-refractivity contribution is -0.137. The van der Waals surface area contributed by atoms with Gasteiger partial charge in [0.25, 0.3) is 0 Å². The number of halogens is 4. The molecule has 102 valence electrons. The first-order valence-electron chi connectivity index (χ1n) is 5.23. The molecule has 0 saturated carbocycles. The number of thiazole rings is 1. The van der Waals surface area contributed by atoms with Gasteiger partial charge in [-0.15, -0.1) is 11.3 Å². The number of rotatable bonds is 2. The molecule has 1 unspecified atom stereocenters. The quantitative estimate of drug-likeness (QED) is 0.774. The minimum absolute atomic E-state index is 0.168. The molecule has 7 heteroatoms. The van der Waals surface area contributed by atoms with Gasteiger partial charge in [0.2, 0.25) is 0 Å². The second kappa shape index (κ2) is 5.02. The summed E-state index contributed by atoms with van der Waals surface area (Å²) >= 11 is 2.57. The topological polar surface area (TPSA) is 33.1 Å². The van der Waals surface area contributed by atoms with Gasteiger partial charge in [0, 0.05) is 9.77 Å². The minimum atomic E-state index is -4.48. The molecule has 2 aromatic rings. The third kappa shape index (κ3) is 3.09. The summed E-state index contributed by atoms with van der Waals surface area (Å²) in [7, 11) is 0. The highest BCUT2D eigenvalue weighted by Crippen LogP contribution is 2.38. The van der Waals surface area contributed by atoms with Crippen molar-refractivity contribution in [1.29, 1.82) is 0 Å². The van der Waals surface area contributed by atoms with Crippen molar-refractivity contribution in [3.63, 3.8) is 0 Å². The first-order chi connectivity index (χ1) is 8.71. The molecule has 0 aliphatic rings. The van der Waals surface area contributed by atoms with Gasteiger partial charge in [-0.3, -0.25) is 0 Å². The molecule has 1 N–H and O–H groups in total. The number of aromatic nitrogens is 1. The smallest absolute Gasteiger partial charge is 0.380 e. The SMILES string of the molecule is CC(O)(c1ccc(I)cc1)c1cnc(C(F)(F)F)s1. The third-order valence-electron chi connectivity index (χ3n) is 2.63. The lowest BCUT2D eigenvalue weighted by atomic mass is 9.95. The van der Waals surface area contributed by atoms with Crippen LogP contribution in [0.25, 0.3) is 0 Å². The van der Waals surface area contributed by atoms with E-state index in [1.54, 1.807) is 24.3 Å². The van der Waals surface area contributed by atoms with Gasteiger partial charge in [-0.25, -0.2) is 4.98 Å². The lowest BCUT2D eigenvalue weighted by Crippen LogP contribution is -2.21. The first-order valence-corrected chi connectivity index (χ1v) is 7.12. The van der Waals surface area contributed by atoms with Crippen molar-refractivity contribution in [3.8, 4) is 0 Å². The Balaban J connectivity index is 2.39. The zero-order valence-electron chi connectivity index (χ0n) is 9.70. The molecule has 1 aromatic carbocycles. The van der Waals surface area contributed by atoms with Crippen LogP contribution in [0.15, 0.2) is 30.5 Å². The molecule has 1 aromatic heterocycles. The maximum absolute atomic E-state index is 12.5. The Morgan fingerprint density at radius 3 is 2.26 bits per heavy atom. The fourth-order valence-electron chi connectivity index (χ4n) is 1.55. The predicted octanol–water partition coefficient (Wildman–Crippen LogP) is 4.02. The van der Waals surface area contributed by atoms with Crippen LogP contribution in [0.4, 0.5) is 13.2 Å². The van der Waals surface area contributed by atoms with Gasteiger partial charge < -0.3 is 5.11 Å². The molecule has 2 nitrogen and oxygen atoms in total. The minimum Gasteiger partial charge on any atom is -0.380 e. The Labute approximate surface area is 125 Å². The van der Waals surface area contributed by atoms with Gasteiger partial charge in [-0.1, -0.05) is 12.1 Å². The van der Waals surface area contributed by atoms with E-state index in [9.17, 15) is 18.3 Å². The fraction of sp³-hybridized carbons (Fsp3) is 0.250. The molecule has 0 spiro atoms. The summed E-state index contributed by atoms with van der Waals surface area (Å²) in [6.07, 6.45) is -3.41. The standard InChI is InChI=1S/C12H9F3INOS/c1-11(18,7-2-4-8(16)5-3-7)9-6-17-10(19-9)12(13,14)15/h2-6,18H,1H3. The van der Waals surface area contributed by atoms with Crippen LogP contribution in [-0.2, 0) is 11.8 Å². The number of benzene rings is 1. The molecular formula is C12H9F3INOS. The highest BCUT2D eigenvalue weighted by Gasteiger charge is 2.37. The highest BCUT2D eigenvalue weighted by atomic mass is 127. The van der Waals surface area contributed by atoms with Crippen molar-refractivity contribution >= 4 is 33.9 Å². The Bertz CT molecular complexity index is 577. The van der Waals surface area contributed by atoms with E-state index in [0.29, 0.717) is 16.9 Å². The second-order valence-electron chi connectivity index (χ2n) is 4.11. The van der Waals surface area contributed by atoms with Gasteiger partial charge in [-0.2, -0.15) is 13.2 Å². The van der Waals surface area contributed by atoms with E-state index in [1.807, 2.05) is 0 Å². The summed E-state index contributed by atoms with van der Waals surface area (Å²) in [5, 5.41) is 9.48. The van der Waals surface area contributed by atoms with Gasteiger partial charge >= 0.3 is 6.18 Å². The van der Waals surface area contributed by atoms with Crippen molar-refractivity contribution in [2.75, 3.05) is 0 Å². The number of nitrogens with zero attached hydrogens (tertiary/aromatic N) is 1. The molecule has 0 radical (unpaired) electrons. The second-order valence-corrected chi connectivity index (χ2v) is 6.38. The monoisotopic (exact) mass is 399 g/mol. The van der Waals surface area contributed by atoms with Crippen LogP contribution in [0.5, 0.6) is 0 Å². The summed E-state index contributed by atoms with van der Waals surface area (Å²) < 4.78 is 38.5. The van der Waals surface area contributed by atoms with Crippen molar-refractivity contribution in [2.24, 2.45) is 0 Å². The summed E-state index contributed by atoms with van der Waals surface area (Å²) in [5.74, 6) is 0. The van der Waals surface area contributed by atoms with E-state index in [1.165, 1.54) is 6.92 Å². The number of hydrogen-bond acceptors (Lipinski definition) is 3. The van der Waals surface area contributed by atoms with Crippen molar-refractivity contribution < 1.29 is 18.3 Å². The number of alkyl halides is 3. The average molecular weight is 399 g/mol. The molecule has 1 heterocycles. The Morgan fingerprint density at radius 1 is 1.21 bits per heavy atom. The van der Waals surface area contributed by atoms with E-state index < -0.39 is 16.8 Å². The Hall–Kier alpha value is -0.670. The summed E-state index contributed by atoms with van der Waals surface area (Å²) in [6, 6.07) is 6.95. The maximum atomic E-state index is 12.5. The first kappa shape index (κ1) is 14.7. The third-order valence-corrected chi connectivity index (χ3v) is 4.61. The van der Waals surface area contributed by atoms with Gasteiger partial charge in [0.05, 0.1) is 4.88 Å². The highest BCUT2D eigenvalue weighted by molar-refractivity contribution is 14.1. The fourth-order valence-corrected chi connectivity index (χ4v) is 2.76. The van der Waals surface area contributed by atoms with E-state index in [0.717, 1.165) is 9.77 Å². The molecule has 0 saturated heterocycles. The normalized spacial score (nSPS) is 15.3. The van der Waals surface area contributed by atoms with Crippen molar-refractivity contribution in [2.45, 2.75) is 18.7 Å². The number of hydrogen-bond donors (Lipinski definition) is 1. The maximum Gasteiger partial charge on any atom is 0.443 e. The van der Waals surface area contributed by atoms with Gasteiger partial charge in [-0.05, 0) is 47.2 Å². The largest absolute Gasteiger partial charge is 0.443 e. The van der Waals surface area contributed by atoms with E-state index >= 15 is 0 Å². The molecule has 0 bridgehead atoms. The molecular weight excluding hydrogens is 390 g/mol. The van der Waals surface area contributed by atoms with Crippen LogP contribution in [0.1, 0.15) is 22.4 Å². The summed E-state index contributed by atoms with van der Waals surface area (Å²) in [6.45, 7) is 1.46. The molecule has 0 aliphatic carbocycles. The van der Waals surface area contributed by atoms with Crippen LogP contribution >= 0.6 is 33.9 Å². The van der Waals surface area contributed by atoms with E-state index in [2.05, 4.69) is 27.6 Å². The van der Waals surface area contributed by atoms with Crippen LogP contribution in [-0.4, -0.2) is 10.1 Å². The molecule has 0 amide bonds. The van der Waals surface area contributed by atoms with Crippen molar-refractivity contribution in [3.05, 3.63) is 49.5 Å². The number of aliphatic hydroxyl groups is 1. The van der Waals surface area contributed by atoms with Gasteiger partial charge in [0.15, 0.2) is 5.01 Å². The zero-order valence-corrected chi connectivity index (χ0v) is 12.7. The Morgan fingerprint density at radius 2 is 1.79 bits per heavy atom. The van der Waals surface area contributed by atoms with Crippen LogP contribution in [0, 0.1) is 3.57 Å². The van der Waals surface area contributed by atoms with Crippen LogP contribution in [0.3, 0.4) is 0 Å². The van der Waals surface area contributed by atoms with Crippen LogP contribution in [0.2, 0.25) is 0 Å². The van der Waals surface area contributed by atoms with E-state index in [4.69, 9.17) is 0 Å². The van der Waals surface area contributed by atoms with Gasteiger partial charge in [0.1, 0.15) is 5.60 Å². The van der Waals surface area contributed by atoms with E-state index in [-0.39, 0.29) is 4.88 Å². The summed E-state index contributed by atoms with van der Waals surface area (Å²) in [4.78, 5) is 3.50. The Kier molecular flexibility index (Phi) is 3.90. The lowest BCUT2D eigenvalue weighted by Gasteiger charge is -2.22. The predicted molar refractivity (Wildman–Crippen MR) is 74.9 cm³/mol. The molecule has 19 heavy (non-hydrogen) atoms. The van der Waals surface area contributed by atoms with Crippen molar-refractivity contribution in [1.82, 2.24) is 4.98 Å². The molecule has 2 rings (SSSR count). The summed E-state index contributed by atoms with van der Waals surface area (Å²) in [5.41, 5.74) is -0.948. The molecule has 1 atom stereocenters. The average Bonchev–Trinajstić information content (AvgIpc) is 2.79. The zero-order chi connectivity index (χ0) is 14.3. The molecule has 0 fully saturated rings.